The molecule has 4 unspecified atom stereocenters. The lowest BCUT2D eigenvalue weighted by Gasteiger charge is -2.31. The summed E-state index contributed by atoms with van der Waals surface area (Å²) in [5.74, 6) is 0.479. The van der Waals surface area contributed by atoms with E-state index in [0.717, 1.165) is 44.2 Å². The zero-order valence-electron chi connectivity index (χ0n) is 26.9. The van der Waals surface area contributed by atoms with Crippen LogP contribution in [-0.4, -0.2) is 10.6 Å². The molecule has 4 heteroatoms. The van der Waals surface area contributed by atoms with Crippen LogP contribution in [0.2, 0.25) is 0 Å². The Balaban J connectivity index is 1.20. The van der Waals surface area contributed by atoms with Crippen LogP contribution in [0, 0.1) is 28.6 Å². The maximum Gasteiger partial charge on any atom is 0.0991 e. The van der Waals surface area contributed by atoms with E-state index in [1.54, 1.807) is 0 Å². The Hall–Kier alpha value is -5.58. The Morgan fingerprint density at radius 3 is 2.52 bits per heavy atom. The second-order valence-corrected chi connectivity index (χ2v) is 13.6. The van der Waals surface area contributed by atoms with E-state index in [-0.39, 0.29) is 23.8 Å². The van der Waals surface area contributed by atoms with Gasteiger partial charge >= 0.3 is 0 Å². The molecule has 0 saturated carbocycles. The van der Waals surface area contributed by atoms with Crippen LogP contribution >= 0.6 is 0 Å². The normalized spacial score (nSPS) is 23.6. The van der Waals surface area contributed by atoms with Crippen molar-refractivity contribution in [3.05, 3.63) is 149 Å². The summed E-state index contributed by atoms with van der Waals surface area (Å²) < 4.78 is 2.52. The summed E-state index contributed by atoms with van der Waals surface area (Å²) in [5, 5.41) is 20.6. The highest BCUT2D eigenvalue weighted by molar-refractivity contribution is 5.95. The molecule has 2 heterocycles. The Bertz CT molecular complexity index is 2240. The van der Waals surface area contributed by atoms with Crippen LogP contribution in [-0.2, 0) is 6.42 Å². The first-order valence-corrected chi connectivity index (χ1v) is 17.3. The van der Waals surface area contributed by atoms with Gasteiger partial charge in [-0.3, -0.25) is 0 Å². The van der Waals surface area contributed by atoms with Crippen molar-refractivity contribution in [3.63, 3.8) is 0 Å². The van der Waals surface area contributed by atoms with E-state index in [9.17, 15) is 10.5 Å². The Morgan fingerprint density at radius 1 is 0.833 bits per heavy atom. The van der Waals surface area contributed by atoms with Gasteiger partial charge in [0.05, 0.1) is 40.9 Å². The number of nitrogens with zero attached hydrogens (tertiary/aromatic N) is 4. The Kier molecular flexibility index (Phi) is 6.91. The Labute approximate surface area is 282 Å². The average molecular weight is 621 g/mol. The van der Waals surface area contributed by atoms with Crippen molar-refractivity contribution in [2.45, 2.75) is 56.4 Å². The number of benzene rings is 3. The van der Waals surface area contributed by atoms with Crippen molar-refractivity contribution in [2.75, 3.05) is 4.90 Å². The molecule has 9 rings (SSSR count). The molecular formula is C44H36N4. The number of nitriles is 2. The molecule has 0 N–H and O–H groups in total. The van der Waals surface area contributed by atoms with Crippen molar-refractivity contribution >= 4 is 39.6 Å². The third-order valence-electron chi connectivity index (χ3n) is 11.0. The van der Waals surface area contributed by atoms with Crippen molar-refractivity contribution in [1.82, 2.24) is 4.57 Å². The monoisotopic (exact) mass is 620 g/mol. The van der Waals surface area contributed by atoms with Crippen LogP contribution in [0.3, 0.4) is 0 Å². The third kappa shape index (κ3) is 4.48. The van der Waals surface area contributed by atoms with E-state index in [1.807, 2.05) is 12.1 Å². The molecule has 48 heavy (non-hydrogen) atoms. The molecule has 0 amide bonds. The first kappa shape index (κ1) is 28.6. The molecule has 1 aliphatic heterocycles. The van der Waals surface area contributed by atoms with Gasteiger partial charge < -0.3 is 9.47 Å². The van der Waals surface area contributed by atoms with Crippen LogP contribution < -0.4 is 4.90 Å². The number of para-hydroxylation sites is 2. The molecule has 5 aliphatic rings. The van der Waals surface area contributed by atoms with Gasteiger partial charge in [-0.1, -0.05) is 85.0 Å². The fourth-order valence-corrected chi connectivity index (χ4v) is 8.82. The van der Waals surface area contributed by atoms with Gasteiger partial charge in [0, 0.05) is 39.9 Å². The van der Waals surface area contributed by atoms with Crippen molar-refractivity contribution in [1.29, 1.82) is 10.5 Å². The predicted octanol–water partition coefficient (Wildman–Crippen LogP) is 10.5. The molecule has 1 aromatic heterocycles. The fraction of sp³-hybridized carbons (Fsp3) is 0.227. The number of fused-ring (bicyclic) bond motifs is 6. The summed E-state index contributed by atoms with van der Waals surface area (Å²) in [6.07, 6.45) is 28.7. The minimum atomic E-state index is -0.0887. The van der Waals surface area contributed by atoms with Crippen LogP contribution in [0.15, 0.2) is 115 Å². The van der Waals surface area contributed by atoms with E-state index in [1.165, 1.54) is 55.8 Å². The summed E-state index contributed by atoms with van der Waals surface area (Å²) in [6.45, 7) is 0. The first-order chi connectivity index (χ1) is 23.7. The average Bonchev–Trinajstić information content (AvgIpc) is 3.68. The van der Waals surface area contributed by atoms with Crippen molar-refractivity contribution in [3.8, 4) is 12.1 Å². The molecule has 3 aromatic carbocycles. The second-order valence-electron chi connectivity index (χ2n) is 13.6. The van der Waals surface area contributed by atoms with Gasteiger partial charge in [-0.2, -0.15) is 10.5 Å². The summed E-state index contributed by atoms with van der Waals surface area (Å²) in [7, 11) is 0. The van der Waals surface area contributed by atoms with Gasteiger partial charge in [0.25, 0.3) is 0 Å². The van der Waals surface area contributed by atoms with E-state index < -0.39 is 0 Å². The number of hydrogen-bond acceptors (Lipinski definition) is 3. The van der Waals surface area contributed by atoms with E-state index in [0.29, 0.717) is 5.56 Å². The maximum absolute atomic E-state index is 9.83. The standard InChI is InChI=1S/C44H36N4/c45-27-29-19-22-34(23-20-29)48-41-18-5-4-13-37(41)38-16-7-14-35(43(38)48)31-9-6-10-32(26-31)36-15-8-17-39-40-25-30(28-46)21-24-42(40)47(44(36)39)33-11-2-1-3-12-33/h1-2,4-5,7-8,11,13-24,26,30,32,37,41H,3,6,9-10,12,25H2. The molecule has 4 atom stereocenters. The van der Waals surface area contributed by atoms with Crippen LogP contribution in [0.5, 0.6) is 0 Å². The van der Waals surface area contributed by atoms with Gasteiger partial charge in [0.2, 0.25) is 0 Å². The maximum atomic E-state index is 9.83. The van der Waals surface area contributed by atoms with Crippen LogP contribution in [0.1, 0.15) is 77.5 Å². The van der Waals surface area contributed by atoms with E-state index in [2.05, 4.69) is 131 Å². The lowest BCUT2D eigenvalue weighted by molar-refractivity contribution is 0.665. The number of allylic oxidation sites excluding steroid dienone is 9. The molecule has 4 aromatic rings. The van der Waals surface area contributed by atoms with Gasteiger partial charge in [-0.25, -0.2) is 0 Å². The SMILES string of the molecule is N#Cc1ccc(N2c3c(C4=CC(c5cccc6c7c(n(C8=CC=CCC8)c56)C=CC(C#N)C7)CCC4)cccc3C3C=CC=CC32)cc1. The zero-order chi connectivity index (χ0) is 32.2. The molecule has 0 bridgehead atoms. The van der Waals surface area contributed by atoms with Crippen LogP contribution in [0.4, 0.5) is 11.4 Å². The largest absolute Gasteiger partial charge is 0.333 e. The molecule has 4 nitrogen and oxygen atoms in total. The molecule has 0 radical (unpaired) electrons. The lowest BCUT2D eigenvalue weighted by Crippen LogP contribution is -2.28. The van der Waals surface area contributed by atoms with Gasteiger partial charge in [-0.05, 0) is 97.2 Å². The fourth-order valence-electron chi connectivity index (χ4n) is 8.82. The van der Waals surface area contributed by atoms with Crippen molar-refractivity contribution < 1.29 is 0 Å². The summed E-state index contributed by atoms with van der Waals surface area (Å²) in [4.78, 5) is 2.50. The van der Waals surface area contributed by atoms with Crippen molar-refractivity contribution in [2.24, 2.45) is 5.92 Å². The highest BCUT2D eigenvalue weighted by Crippen LogP contribution is 2.52. The molecule has 0 fully saturated rings. The van der Waals surface area contributed by atoms with Gasteiger partial charge in [0.1, 0.15) is 0 Å². The quantitative estimate of drug-likeness (QED) is 0.228. The summed E-state index contributed by atoms with van der Waals surface area (Å²) in [5.41, 5.74) is 13.8. The second kappa shape index (κ2) is 11.6. The third-order valence-corrected chi connectivity index (χ3v) is 11.0. The molecule has 0 saturated heterocycles. The molecular weight excluding hydrogens is 585 g/mol. The minimum absolute atomic E-state index is 0.0887. The molecule has 232 valence electrons. The van der Waals surface area contributed by atoms with E-state index >= 15 is 0 Å². The molecule has 0 spiro atoms. The lowest BCUT2D eigenvalue weighted by atomic mass is 9.81. The van der Waals surface area contributed by atoms with Gasteiger partial charge in [-0.15, -0.1) is 0 Å². The number of aromatic nitrogens is 1. The van der Waals surface area contributed by atoms with E-state index in [4.69, 9.17) is 0 Å². The number of hydrogen-bond donors (Lipinski definition) is 0. The zero-order valence-corrected chi connectivity index (χ0v) is 26.9. The first-order valence-electron chi connectivity index (χ1n) is 17.3. The smallest absolute Gasteiger partial charge is 0.0991 e. The predicted molar refractivity (Wildman–Crippen MR) is 196 cm³/mol. The summed E-state index contributed by atoms with van der Waals surface area (Å²) >= 11 is 0. The number of rotatable bonds is 4. The highest BCUT2D eigenvalue weighted by atomic mass is 15.2. The Morgan fingerprint density at radius 2 is 1.69 bits per heavy atom. The topological polar surface area (TPSA) is 55.8 Å². The minimum Gasteiger partial charge on any atom is -0.333 e. The highest BCUT2D eigenvalue weighted by Gasteiger charge is 2.39. The van der Waals surface area contributed by atoms with Gasteiger partial charge in [0.15, 0.2) is 0 Å². The van der Waals surface area contributed by atoms with Crippen LogP contribution in [0.25, 0.3) is 28.2 Å². The number of anilines is 2. The summed E-state index contributed by atoms with van der Waals surface area (Å²) in [6, 6.07) is 26.8. The molecule has 4 aliphatic carbocycles.